The minimum atomic E-state index is 0.683. The predicted molar refractivity (Wildman–Crippen MR) is 51.1 cm³/mol. The average molecular weight is 176 g/mol. The summed E-state index contributed by atoms with van der Waals surface area (Å²) in [5.41, 5.74) is 2.33. The van der Waals surface area contributed by atoms with Gasteiger partial charge in [-0.1, -0.05) is 6.92 Å². The molecule has 0 unspecified atom stereocenters. The molecule has 0 saturated carbocycles. The molecule has 2 rings (SSSR count). The zero-order chi connectivity index (χ0) is 9.26. The molecule has 0 aliphatic rings. The van der Waals surface area contributed by atoms with Crippen LogP contribution in [0.1, 0.15) is 12.5 Å². The van der Waals surface area contributed by atoms with Gasteiger partial charge >= 0.3 is 0 Å². The Balaban J connectivity index is 2.67. The second-order valence-corrected chi connectivity index (χ2v) is 2.93. The van der Waals surface area contributed by atoms with Gasteiger partial charge in [0, 0.05) is 18.6 Å². The van der Waals surface area contributed by atoms with Gasteiger partial charge in [-0.25, -0.2) is 4.98 Å². The SMILES string of the molecule is CCc1cc2c(OC)nccn2c1. The van der Waals surface area contributed by atoms with E-state index in [1.165, 1.54) is 5.56 Å². The molecule has 0 aromatic carbocycles. The van der Waals surface area contributed by atoms with Crippen LogP contribution < -0.4 is 4.74 Å². The largest absolute Gasteiger partial charge is 0.480 e. The summed E-state index contributed by atoms with van der Waals surface area (Å²) in [5, 5.41) is 0. The van der Waals surface area contributed by atoms with Crippen molar-refractivity contribution in [3.05, 3.63) is 30.2 Å². The molecule has 0 spiro atoms. The van der Waals surface area contributed by atoms with Crippen molar-refractivity contribution < 1.29 is 4.74 Å². The topological polar surface area (TPSA) is 26.5 Å². The van der Waals surface area contributed by atoms with Crippen LogP contribution in [0, 0.1) is 0 Å². The molecule has 0 atom stereocenters. The Hall–Kier alpha value is -1.51. The van der Waals surface area contributed by atoms with Crippen molar-refractivity contribution in [1.82, 2.24) is 9.38 Å². The fourth-order valence-electron chi connectivity index (χ4n) is 1.42. The Morgan fingerprint density at radius 1 is 1.54 bits per heavy atom. The molecule has 0 bridgehead atoms. The van der Waals surface area contributed by atoms with Crippen molar-refractivity contribution >= 4 is 5.52 Å². The predicted octanol–water partition coefficient (Wildman–Crippen LogP) is 1.91. The van der Waals surface area contributed by atoms with Gasteiger partial charge in [0.1, 0.15) is 5.52 Å². The summed E-state index contributed by atoms with van der Waals surface area (Å²) in [7, 11) is 1.64. The maximum atomic E-state index is 5.15. The van der Waals surface area contributed by atoms with E-state index in [2.05, 4.69) is 24.2 Å². The Kier molecular flexibility index (Phi) is 1.93. The first-order chi connectivity index (χ1) is 6.35. The third-order valence-electron chi connectivity index (χ3n) is 2.14. The molecule has 0 N–H and O–H groups in total. The minimum absolute atomic E-state index is 0.683. The van der Waals surface area contributed by atoms with Crippen molar-refractivity contribution in [3.63, 3.8) is 0 Å². The molecule has 2 aromatic heterocycles. The summed E-state index contributed by atoms with van der Waals surface area (Å²) >= 11 is 0. The normalized spacial score (nSPS) is 10.6. The highest BCUT2D eigenvalue weighted by molar-refractivity contribution is 5.58. The fraction of sp³-hybridized carbons (Fsp3) is 0.300. The smallest absolute Gasteiger partial charge is 0.238 e. The summed E-state index contributed by atoms with van der Waals surface area (Å²) in [6.07, 6.45) is 6.80. The number of rotatable bonds is 2. The number of fused-ring (bicyclic) bond motifs is 1. The lowest BCUT2D eigenvalue weighted by Crippen LogP contribution is -1.90. The van der Waals surface area contributed by atoms with E-state index in [9.17, 15) is 0 Å². The zero-order valence-electron chi connectivity index (χ0n) is 7.82. The maximum Gasteiger partial charge on any atom is 0.238 e. The highest BCUT2D eigenvalue weighted by atomic mass is 16.5. The minimum Gasteiger partial charge on any atom is -0.480 e. The third kappa shape index (κ3) is 1.26. The van der Waals surface area contributed by atoms with Crippen LogP contribution in [0.4, 0.5) is 0 Å². The molecule has 0 saturated heterocycles. The van der Waals surface area contributed by atoms with E-state index >= 15 is 0 Å². The van der Waals surface area contributed by atoms with E-state index in [4.69, 9.17) is 4.74 Å². The van der Waals surface area contributed by atoms with Crippen LogP contribution in [-0.4, -0.2) is 16.5 Å². The van der Waals surface area contributed by atoms with E-state index in [0.29, 0.717) is 5.88 Å². The first-order valence-electron chi connectivity index (χ1n) is 4.34. The van der Waals surface area contributed by atoms with Crippen LogP contribution in [0.25, 0.3) is 5.52 Å². The quantitative estimate of drug-likeness (QED) is 0.698. The Bertz CT molecular complexity index is 420. The third-order valence-corrected chi connectivity index (χ3v) is 2.14. The molecule has 2 heterocycles. The van der Waals surface area contributed by atoms with Gasteiger partial charge in [-0.2, -0.15) is 0 Å². The zero-order valence-corrected chi connectivity index (χ0v) is 7.82. The fourth-order valence-corrected chi connectivity index (χ4v) is 1.42. The number of methoxy groups -OCH3 is 1. The van der Waals surface area contributed by atoms with Crippen LogP contribution in [-0.2, 0) is 6.42 Å². The lowest BCUT2D eigenvalue weighted by molar-refractivity contribution is 0.401. The van der Waals surface area contributed by atoms with Gasteiger partial charge in [0.2, 0.25) is 5.88 Å². The molecule has 2 aromatic rings. The van der Waals surface area contributed by atoms with Gasteiger partial charge in [0.25, 0.3) is 0 Å². The van der Waals surface area contributed by atoms with Gasteiger partial charge in [-0.3, -0.25) is 0 Å². The molecular formula is C10H12N2O. The summed E-state index contributed by atoms with van der Waals surface area (Å²) in [5.74, 6) is 0.683. The molecule has 0 aliphatic heterocycles. The molecule has 68 valence electrons. The molecule has 0 aliphatic carbocycles. The van der Waals surface area contributed by atoms with Crippen LogP contribution in [0.3, 0.4) is 0 Å². The lowest BCUT2D eigenvalue weighted by atomic mass is 10.3. The van der Waals surface area contributed by atoms with Gasteiger partial charge in [0.05, 0.1) is 7.11 Å². The summed E-state index contributed by atoms with van der Waals surface area (Å²) in [6, 6.07) is 2.10. The summed E-state index contributed by atoms with van der Waals surface area (Å²) in [6.45, 7) is 2.13. The lowest BCUT2D eigenvalue weighted by Gasteiger charge is -1.99. The van der Waals surface area contributed by atoms with Gasteiger partial charge in [-0.05, 0) is 18.1 Å². The monoisotopic (exact) mass is 176 g/mol. The highest BCUT2D eigenvalue weighted by Crippen LogP contribution is 2.18. The number of hydrogen-bond acceptors (Lipinski definition) is 2. The van der Waals surface area contributed by atoms with Crippen LogP contribution >= 0.6 is 0 Å². The number of ether oxygens (including phenoxy) is 1. The molecule has 0 fully saturated rings. The van der Waals surface area contributed by atoms with Crippen LogP contribution in [0.5, 0.6) is 5.88 Å². The molecule has 0 amide bonds. The summed E-state index contributed by atoms with van der Waals surface area (Å²) < 4.78 is 7.19. The first-order valence-corrected chi connectivity index (χ1v) is 4.34. The Morgan fingerprint density at radius 3 is 3.08 bits per heavy atom. The van der Waals surface area contributed by atoms with Crippen molar-refractivity contribution in [2.24, 2.45) is 0 Å². The number of hydrogen-bond donors (Lipinski definition) is 0. The van der Waals surface area contributed by atoms with Crippen molar-refractivity contribution in [2.45, 2.75) is 13.3 Å². The molecule has 13 heavy (non-hydrogen) atoms. The van der Waals surface area contributed by atoms with Gasteiger partial charge in [0.15, 0.2) is 0 Å². The molecular weight excluding hydrogens is 164 g/mol. The highest BCUT2D eigenvalue weighted by Gasteiger charge is 2.03. The van der Waals surface area contributed by atoms with Gasteiger partial charge in [-0.15, -0.1) is 0 Å². The van der Waals surface area contributed by atoms with Gasteiger partial charge < -0.3 is 9.14 Å². The molecule has 3 nitrogen and oxygen atoms in total. The Morgan fingerprint density at radius 2 is 2.38 bits per heavy atom. The number of nitrogens with zero attached hydrogens (tertiary/aromatic N) is 2. The molecule has 0 radical (unpaired) electrons. The van der Waals surface area contributed by atoms with E-state index in [0.717, 1.165) is 11.9 Å². The summed E-state index contributed by atoms with van der Waals surface area (Å²) in [4.78, 5) is 4.13. The van der Waals surface area contributed by atoms with E-state index in [1.54, 1.807) is 13.3 Å². The number of aryl methyl sites for hydroxylation is 1. The van der Waals surface area contributed by atoms with Crippen molar-refractivity contribution in [3.8, 4) is 5.88 Å². The Labute approximate surface area is 77.0 Å². The maximum absolute atomic E-state index is 5.15. The van der Waals surface area contributed by atoms with Crippen molar-refractivity contribution in [1.29, 1.82) is 0 Å². The average Bonchev–Trinajstić information content (AvgIpc) is 2.59. The van der Waals surface area contributed by atoms with Crippen LogP contribution in [0.2, 0.25) is 0 Å². The standard InChI is InChI=1S/C10H12N2O/c1-3-8-6-9-10(13-2)11-4-5-12(9)7-8/h4-7H,3H2,1-2H3. The van der Waals surface area contributed by atoms with E-state index < -0.39 is 0 Å². The van der Waals surface area contributed by atoms with E-state index in [-0.39, 0.29) is 0 Å². The second kappa shape index (κ2) is 3.09. The second-order valence-electron chi connectivity index (χ2n) is 2.93. The van der Waals surface area contributed by atoms with E-state index in [1.807, 2.05) is 10.6 Å². The molecule has 3 heteroatoms. The van der Waals surface area contributed by atoms with Crippen molar-refractivity contribution in [2.75, 3.05) is 7.11 Å². The first kappa shape index (κ1) is 8.10. The number of aromatic nitrogens is 2. The van der Waals surface area contributed by atoms with Crippen LogP contribution in [0.15, 0.2) is 24.7 Å².